The average Bonchev–Trinajstić information content (AvgIpc) is 2.78. The van der Waals surface area contributed by atoms with Gasteiger partial charge in [-0.2, -0.15) is 0 Å². The van der Waals surface area contributed by atoms with E-state index in [0.29, 0.717) is 11.6 Å². The molecule has 8 nitrogen and oxygen atoms in total. The molecule has 0 saturated carbocycles. The minimum absolute atomic E-state index is 0.0345. The van der Waals surface area contributed by atoms with Crippen LogP contribution in [0.15, 0.2) is 70.5 Å². The molecule has 0 aliphatic heterocycles. The van der Waals surface area contributed by atoms with Crippen molar-refractivity contribution in [1.29, 1.82) is 0 Å². The summed E-state index contributed by atoms with van der Waals surface area (Å²) < 4.78 is 28.2. The monoisotopic (exact) mass is 466 g/mol. The number of phenols is 1. The van der Waals surface area contributed by atoms with Gasteiger partial charge in [0, 0.05) is 30.4 Å². The van der Waals surface area contributed by atoms with E-state index in [0.717, 1.165) is 10.6 Å². The number of phenolic OH excluding ortho intramolecular Hbond substituents is 1. The standard InChI is InChI=1S/C24H20F2N4O4/c1-13(16-8-7-15(25)11-17(16)26)28-22(32)19(10-14-4-3-9-27-12-14)30-23(33)21-18(29-24(30)34)5-2-6-20(21)31/h2-9,11-13,19,31H,10H2,1H3,(H,28,32)(H,29,34)/t13-,19-/m1/s1. The van der Waals surface area contributed by atoms with Crippen molar-refractivity contribution < 1.29 is 18.7 Å². The first-order chi connectivity index (χ1) is 16.3. The van der Waals surface area contributed by atoms with Crippen molar-refractivity contribution in [2.75, 3.05) is 0 Å². The minimum atomic E-state index is -1.35. The van der Waals surface area contributed by atoms with Gasteiger partial charge in [-0.15, -0.1) is 0 Å². The van der Waals surface area contributed by atoms with Crippen LogP contribution in [0.2, 0.25) is 0 Å². The summed E-state index contributed by atoms with van der Waals surface area (Å²) >= 11 is 0. The van der Waals surface area contributed by atoms with Crippen molar-refractivity contribution in [3.8, 4) is 5.75 Å². The molecule has 2 aromatic carbocycles. The topological polar surface area (TPSA) is 117 Å². The van der Waals surface area contributed by atoms with E-state index < -0.39 is 40.9 Å². The third kappa shape index (κ3) is 4.42. The number of aromatic nitrogens is 3. The number of benzene rings is 2. The zero-order valence-electron chi connectivity index (χ0n) is 18.0. The highest BCUT2D eigenvalue weighted by molar-refractivity contribution is 5.85. The summed E-state index contributed by atoms with van der Waals surface area (Å²) in [4.78, 5) is 46.0. The molecule has 1 amide bonds. The molecule has 2 atom stereocenters. The molecule has 2 heterocycles. The van der Waals surface area contributed by atoms with Crippen LogP contribution >= 0.6 is 0 Å². The van der Waals surface area contributed by atoms with Crippen LogP contribution < -0.4 is 16.6 Å². The van der Waals surface area contributed by atoms with E-state index in [-0.39, 0.29) is 28.6 Å². The molecule has 3 N–H and O–H groups in total. The number of carbonyl (C=O) groups excluding carboxylic acids is 1. The first-order valence-electron chi connectivity index (χ1n) is 10.4. The number of halogens is 2. The second-order valence-corrected chi connectivity index (χ2v) is 7.78. The van der Waals surface area contributed by atoms with E-state index >= 15 is 0 Å². The van der Waals surface area contributed by atoms with Crippen molar-refractivity contribution in [3.63, 3.8) is 0 Å². The Morgan fingerprint density at radius 2 is 1.97 bits per heavy atom. The van der Waals surface area contributed by atoms with E-state index in [1.54, 1.807) is 12.1 Å². The molecular formula is C24H20F2N4O4. The molecule has 34 heavy (non-hydrogen) atoms. The van der Waals surface area contributed by atoms with Crippen molar-refractivity contribution in [1.82, 2.24) is 19.9 Å². The Morgan fingerprint density at radius 3 is 2.68 bits per heavy atom. The lowest BCUT2D eigenvalue weighted by molar-refractivity contribution is -0.125. The number of amides is 1. The highest BCUT2D eigenvalue weighted by atomic mass is 19.1. The molecule has 10 heteroatoms. The molecule has 4 rings (SSSR count). The first kappa shape index (κ1) is 22.8. The molecule has 0 fully saturated rings. The van der Waals surface area contributed by atoms with Gasteiger partial charge < -0.3 is 15.4 Å². The largest absolute Gasteiger partial charge is 0.507 e. The molecule has 174 valence electrons. The number of rotatable bonds is 6. The number of hydrogen-bond donors (Lipinski definition) is 3. The van der Waals surface area contributed by atoms with Gasteiger partial charge in [0.25, 0.3) is 5.56 Å². The number of pyridine rings is 1. The summed E-state index contributed by atoms with van der Waals surface area (Å²) in [5.41, 5.74) is -0.998. The molecule has 0 aliphatic carbocycles. The van der Waals surface area contributed by atoms with Gasteiger partial charge in [-0.25, -0.2) is 18.1 Å². The highest BCUT2D eigenvalue weighted by Crippen LogP contribution is 2.22. The zero-order chi connectivity index (χ0) is 24.4. The van der Waals surface area contributed by atoms with Gasteiger partial charge in [-0.3, -0.25) is 14.6 Å². The number of nitrogens with one attached hydrogen (secondary N) is 2. The molecule has 2 aromatic heterocycles. The zero-order valence-corrected chi connectivity index (χ0v) is 18.0. The summed E-state index contributed by atoms with van der Waals surface area (Å²) in [6, 6.07) is 8.26. The lowest BCUT2D eigenvalue weighted by Gasteiger charge is -2.22. The number of H-pyrrole nitrogens is 1. The van der Waals surface area contributed by atoms with Gasteiger partial charge in [0.1, 0.15) is 28.8 Å². The first-order valence-corrected chi connectivity index (χ1v) is 10.4. The quantitative estimate of drug-likeness (QED) is 0.404. The molecule has 0 radical (unpaired) electrons. The molecule has 4 aromatic rings. The Morgan fingerprint density at radius 1 is 1.18 bits per heavy atom. The van der Waals surface area contributed by atoms with Crippen molar-refractivity contribution in [3.05, 3.63) is 105 Å². The fourth-order valence-electron chi connectivity index (χ4n) is 3.82. The van der Waals surface area contributed by atoms with Crippen LogP contribution in [-0.2, 0) is 11.2 Å². The van der Waals surface area contributed by atoms with Crippen LogP contribution in [0.3, 0.4) is 0 Å². The molecule has 0 unspecified atom stereocenters. The van der Waals surface area contributed by atoms with Crippen LogP contribution in [0.25, 0.3) is 10.9 Å². The van der Waals surface area contributed by atoms with Gasteiger partial charge in [-0.05, 0) is 36.8 Å². The SMILES string of the molecule is C[C@@H](NC(=O)[C@@H](Cc1cccnc1)n1c(=O)[nH]c2cccc(O)c2c1=O)c1ccc(F)cc1F. The summed E-state index contributed by atoms with van der Waals surface area (Å²) in [6.07, 6.45) is 2.94. The third-order valence-corrected chi connectivity index (χ3v) is 5.49. The number of hydrogen-bond acceptors (Lipinski definition) is 5. The van der Waals surface area contributed by atoms with Gasteiger partial charge in [0.05, 0.1) is 11.6 Å². The van der Waals surface area contributed by atoms with E-state index in [4.69, 9.17) is 0 Å². The minimum Gasteiger partial charge on any atom is -0.507 e. The van der Waals surface area contributed by atoms with Crippen LogP contribution in [0, 0.1) is 11.6 Å². The normalized spacial score (nSPS) is 12.9. The molecule has 0 spiro atoms. The van der Waals surface area contributed by atoms with Crippen molar-refractivity contribution in [2.24, 2.45) is 0 Å². The molecule has 0 bridgehead atoms. The molecule has 0 saturated heterocycles. The predicted molar refractivity (Wildman–Crippen MR) is 120 cm³/mol. The van der Waals surface area contributed by atoms with Crippen molar-refractivity contribution in [2.45, 2.75) is 25.4 Å². The number of aromatic hydroxyl groups is 1. The Bertz CT molecular complexity index is 1480. The predicted octanol–water partition coefficient (Wildman–Crippen LogP) is 2.73. The number of nitrogens with zero attached hydrogens (tertiary/aromatic N) is 2. The van der Waals surface area contributed by atoms with E-state index in [9.17, 15) is 28.3 Å². The summed E-state index contributed by atoms with van der Waals surface area (Å²) in [6.45, 7) is 1.49. The lowest BCUT2D eigenvalue weighted by Crippen LogP contribution is -2.46. The average molecular weight is 466 g/mol. The number of fused-ring (bicyclic) bond motifs is 1. The third-order valence-electron chi connectivity index (χ3n) is 5.49. The second-order valence-electron chi connectivity index (χ2n) is 7.78. The van der Waals surface area contributed by atoms with E-state index in [1.807, 2.05) is 0 Å². The Kier molecular flexibility index (Phi) is 6.22. The van der Waals surface area contributed by atoms with Crippen LogP contribution in [-0.4, -0.2) is 25.5 Å². The smallest absolute Gasteiger partial charge is 0.329 e. The van der Waals surface area contributed by atoms with Crippen molar-refractivity contribution >= 4 is 16.8 Å². The maximum Gasteiger partial charge on any atom is 0.329 e. The summed E-state index contributed by atoms with van der Waals surface area (Å²) in [5, 5.41) is 12.7. The Hall–Kier alpha value is -4.34. The summed E-state index contributed by atoms with van der Waals surface area (Å²) in [5.74, 6) is -2.71. The van der Waals surface area contributed by atoms with E-state index in [1.165, 1.54) is 43.6 Å². The highest BCUT2D eigenvalue weighted by Gasteiger charge is 2.28. The van der Waals surface area contributed by atoms with Gasteiger partial charge in [0.15, 0.2) is 0 Å². The fourth-order valence-corrected chi connectivity index (χ4v) is 3.82. The van der Waals surface area contributed by atoms with E-state index in [2.05, 4.69) is 15.3 Å². The number of carbonyl (C=O) groups is 1. The van der Waals surface area contributed by atoms with Crippen LogP contribution in [0.4, 0.5) is 8.78 Å². The fraction of sp³-hybridized carbons (Fsp3) is 0.167. The van der Waals surface area contributed by atoms with Crippen LogP contribution in [0.5, 0.6) is 5.75 Å². The lowest BCUT2D eigenvalue weighted by atomic mass is 10.0. The maximum absolute atomic E-state index is 14.2. The Balaban J connectivity index is 1.79. The molecule has 0 aliphatic rings. The number of aromatic amines is 1. The molecular weight excluding hydrogens is 446 g/mol. The van der Waals surface area contributed by atoms with Gasteiger partial charge in [-0.1, -0.05) is 18.2 Å². The van der Waals surface area contributed by atoms with Gasteiger partial charge >= 0.3 is 5.69 Å². The summed E-state index contributed by atoms with van der Waals surface area (Å²) in [7, 11) is 0. The van der Waals surface area contributed by atoms with Gasteiger partial charge in [0.2, 0.25) is 5.91 Å². The van der Waals surface area contributed by atoms with Crippen LogP contribution in [0.1, 0.15) is 30.1 Å². The maximum atomic E-state index is 14.2. The Labute approximate surface area is 191 Å². The second kappa shape index (κ2) is 9.26.